The number of carbonyl (C=O) groups excluding carboxylic acids is 1. The van der Waals surface area contributed by atoms with Crippen molar-refractivity contribution in [2.24, 2.45) is 0 Å². The zero-order valence-electron chi connectivity index (χ0n) is 16.8. The van der Waals surface area contributed by atoms with Gasteiger partial charge in [0.25, 0.3) is 0 Å². The van der Waals surface area contributed by atoms with Crippen molar-refractivity contribution in [2.75, 3.05) is 11.1 Å². The fourth-order valence-corrected chi connectivity index (χ4v) is 4.07. The highest BCUT2D eigenvalue weighted by atomic mass is 32.2. The highest BCUT2D eigenvalue weighted by molar-refractivity contribution is 7.99. The number of benzene rings is 2. The van der Waals surface area contributed by atoms with E-state index in [1.54, 1.807) is 0 Å². The lowest BCUT2D eigenvalue weighted by Crippen LogP contribution is -2.16. The summed E-state index contributed by atoms with van der Waals surface area (Å²) in [6, 6.07) is 14.2. The maximum atomic E-state index is 12.5. The second-order valence-electron chi connectivity index (χ2n) is 6.93. The predicted molar refractivity (Wildman–Crippen MR) is 116 cm³/mol. The summed E-state index contributed by atoms with van der Waals surface area (Å²) in [5, 5.41) is 12.5. The number of nitrogens with zero attached hydrogens (tertiary/aromatic N) is 3. The molecule has 0 fully saturated rings. The van der Waals surface area contributed by atoms with Crippen LogP contribution in [-0.4, -0.2) is 26.4 Å². The second-order valence-corrected chi connectivity index (χ2v) is 7.88. The third kappa shape index (κ3) is 4.62. The summed E-state index contributed by atoms with van der Waals surface area (Å²) in [4.78, 5) is 12.5. The van der Waals surface area contributed by atoms with Gasteiger partial charge in [0.2, 0.25) is 5.91 Å². The van der Waals surface area contributed by atoms with E-state index in [0.29, 0.717) is 5.75 Å². The average molecular weight is 395 g/mol. The first-order chi connectivity index (χ1) is 13.5. The molecule has 1 heterocycles. The van der Waals surface area contributed by atoms with Crippen molar-refractivity contribution in [2.45, 2.75) is 45.8 Å². The van der Waals surface area contributed by atoms with Crippen molar-refractivity contribution in [3.05, 3.63) is 59.2 Å². The van der Waals surface area contributed by atoms with Crippen LogP contribution in [0.1, 0.15) is 30.0 Å². The molecule has 0 aliphatic heterocycles. The van der Waals surface area contributed by atoms with Crippen LogP contribution in [0.2, 0.25) is 0 Å². The molecule has 28 heavy (non-hydrogen) atoms. The molecule has 0 radical (unpaired) electrons. The summed E-state index contributed by atoms with van der Waals surface area (Å²) in [7, 11) is 0. The summed E-state index contributed by atoms with van der Waals surface area (Å²) in [5.74, 6) is 1.10. The van der Waals surface area contributed by atoms with Crippen molar-refractivity contribution in [3.8, 4) is 11.4 Å². The number of carbonyl (C=O) groups is 1. The number of rotatable bonds is 7. The summed E-state index contributed by atoms with van der Waals surface area (Å²) in [6.45, 7) is 9.04. The molecule has 0 bridgehead atoms. The lowest BCUT2D eigenvalue weighted by molar-refractivity contribution is -0.113. The van der Waals surface area contributed by atoms with E-state index in [9.17, 15) is 4.79 Å². The minimum atomic E-state index is -0.0348. The van der Waals surface area contributed by atoms with Crippen molar-refractivity contribution in [1.82, 2.24) is 14.8 Å². The first-order valence-corrected chi connectivity index (χ1v) is 10.5. The minimum absolute atomic E-state index is 0.0348. The van der Waals surface area contributed by atoms with E-state index < -0.39 is 0 Å². The van der Waals surface area contributed by atoms with Crippen LogP contribution in [0.5, 0.6) is 0 Å². The van der Waals surface area contributed by atoms with Crippen molar-refractivity contribution >= 4 is 23.4 Å². The Kier molecular flexibility index (Phi) is 6.52. The van der Waals surface area contributed by atoms with Crippen LogP contribution in [0.25, 0.3) is 11.4 Å². The molecule has 1 aromatic heterocycles. The number of aromatic nitrogens is 3. The molecular weight excluding hydrogens is 368 g/mol. The van der Waals surface area contributed by atoms with E-state index in [-0.39, 0.29) is 5.91 Å². The van der Waals surface area contributed by atoms with E-state index in [4.69, 9.17) is 0 Å². The number of hydrogen-bond donors (Lipinski definition) is 1. The van der Waals surface area contributed by atoms with E-state index >= 15 is 0 Å². The highest BCUT2D eigenvalue weighted by Gasteiger charge is 2.16. The molecule has 0 saturated carbocycles. The van der Waals surface area contributed by atoms with E-state index in [2.05, 4.69) is 46.1 Å². The van der Waals surface area contributed by atoms with Crippen LogP contribution in [0.3, 0.4) is 0 Å². The molecule has 0 atom stereocenters. The van der Waals surface area contributed by atoms with Gasteiger partial charge in [-0.15, -0.1) is 10.2 Å². The maximum absolute atomic E-state index is 12.5. The number of hydrogen-bond acceptors (Lipinski definition) is 4. The number of amides is 1. The molecule has 2 aromatic carbocycles. The third-order valence-corrected chi connectivity index (χ3v) is 5.44. The zero-order valence-corrected chi connectivity index (χ0v) is 17.6. The highest BCUT2D eigenvalue weighted by Crippen LogP contribution is 2.26. The summed E-state index contributed by atoms with van der Waals surface area (Å²) < 4.78 is 2.09. The Morgan fingerprint density at radius 3 is 2.39 bits per heavy atom. The fraction of sp³-hybridized carbons (Fsp3) is 0.318. The van der Waals surface area contributed by atoms with Gasteiger partial charge >= 0.3 is 0 Å². The predicted octanol–water partition coefficient (Wildman–Crippen LogP) is 5.01. The Bertz CT molecular complexity index is 943. The van der Waals surface area contributed by atoms with E-state index in [1.165, 1.54) is 17.3 Å². The Hall–Kier alpha value is -2.60. The third-order valence-electron chi connectivity index (χ3n) is 4.47. The first-order valence-electron chi connectivity index (χ1n) is 9.48. The molecule has 3 rings (SSSR count). The molecule has 0 aliphatic rings. The molecule has 146 valence electrons. The molecule has 0 unspecified atom stereocenters. The van der Waals surface area contributed by atoms with Gasteiger partial charge in [0.05, 0.1) is 5.75 Å². The Labute approximate surface area is 170 Å². The minimum Gasteiger partial charge on any atom is -0.325 e. The summed E-state index contributed by atoms with van der Waals surface area (Å²) >= 11 is 1.42. The average Bonchev–Trinajstić information content (AvgIpc) is 3.07. The van der Waals surface area contributed by atoms with Gasteiger partial charge in [-0.05, 0) is 38.3 Å². The molecule has 6 heteroatoms. The molecule has 5 nitrogen and oxygen atoms in total. The first kappa shape index (κ1) is 20.1. The van der Waals surface area contributed by atoms with Gasteiger partial charge in [-0.3, -0.25) is 4.79 Å². The lowest BCUT2D eigenvalue weighted by atomic mass is 10.1. The largest absolute Gasteiger partial charge is 0.325 e. The molecule has 1 N–H and O–H groups in total. The molecule has 0 saturated heterocycles. The topological polar surface area (TPSA) is 59.8 Å². The van der Waals surface area contributed by atoms with E-state index in [0.717, 1.165) is 46.3 Å². The van der Waals surface area contributed by atoms with Crippen LogP contribution in [0, 0.1) is 20.8 Å². The number of aryl methyl sites for hydroxylation is 3. The quantitative estimate of drug-likeness (QED) is 0.572. The van der Waals surface area contributed by atoms with Crippen LogP contribution < -0.4 is 5.32 Å². The van der Waals surface area contributed by atoms with Gasteiger partial charge in [0, 0.05) is 17.8 Å². The fourth-order valence-electron chi connectivity index (χ4n) is 3.30. The normalized spacial score (nSPS) is 10.9. The van der Waals surface area contributed by atoms with E-state index in [1.807, 2.05) is 44.2 Å². The lowest BCUT2D eigenvalue weighted by Gasteiger charge is -2.13. The maximum Gasteiger partial charge on any atom is 0.234 e. The molecule has 0 aliphatic carbocycles. The molecule has 1 amide bonds. The molecular formula is C22H26N4OS. The zero-order chi connectivity index (χ0) is 20.1. The van der Waals surface area contributed by atoms with Gasteiger partial charge in [-0.2, -0.15) is 0 Å². The Morgan fingerprint density at radius 1 is 1.07 bits per heavy atom. The van der Waals surface area contributed by atoms with Crippen LogP contribution in [0.15, 0.2) is 47.6 Å². The Morgan fingerprint density at radius 2 is 1.75 bits per heavy atom. The van der Waals surface area contributed by atoms with Crippen molar-refractivity contribution < 1.29 is 4.79 Å². The van der Waals surface area contributed by atoms with Crippen LogP contribution in [-0.2, 0) is 11.3 Å². The SMILES string of the molecule is CCCn1c(SCC(=O)Nc2c(C)cc(C)cc2C)nnc1-c1ccccc1. The standard InChI is InChI=1S/C22H26N4OS/c1-5-11-26-21(18-9-7-6-8-10-18)24-25-22(26)28-14-19(27)23-20-16(3)12-15(2)13-17(20)4/h6-10,12-13H,5,11,14H2,1-4H3,(H,23,27). The van der Waals surface area contributed by atoms with Crippen molar-refractivity contribution in [3.63, 3.8) is 0 Å². The Balaban J connectivity index is 1.72. The summed E-state index contributed by atoms with van der Waals surface area (Å²) in [6.07, 6.45) is 0.972. The van der Waals surface area contributed by atoms with Gasteiger partial charge in [-0.1, -0.05) is 66.7 Å². The summed E-state index contributed by atoms with van der Waals surface area (Å²) in [5.41, 5.74) is 5.29. The van der Waals surface area contributed by atoms with Gasteiger partial charge < -0.3 is 9.88 Å². The van der Waals surface area contributed by atoms with Gasteiger partial charge in [0.1, 0.15) is 0 Å². The number of anilines is 1. The smallest absolute Gasteiger partial charge is 0.234 e. The number of thioether (sulfide) groups is 1. The monoisotopic (exact) mass is 394 g/mol. The second kappa shape index (κ2) is 9.06. The van der Waals surface area contributed by atoms with Gasteiger partial charge in [0.15, 0.2) is 11.0 Å². The molecule has 3 aromatic rings. The van der Waals surface area contributed by atoms with Gasteiger partial charge in [-0.25, -0.2) is 0 Å². The van der Waals surface area contributed by atoms with Crippen molar-refractivity contribution in [1.29, 1.82) is 0 Å². The number of nitrogens with one attached hydrogen (secondary N) is 1. The van der Waals surface area contributed by atoms with Crippen LogP contribution >= 0.6 is 11.8 Å². The molecule has 0 spiro atoms. The van der Waals surface area contributed by atoms with Crippen LogP contribution in [0.4, 0.5) is 5.69 Å².